The van der Waals surface area contributed by atoms with Crippen molar-refractivity contribution in [1.29, 1.82) is 0 Å². The van der Waals surface area contributed by atoms with Crippen molar-refractivity contribution in [1.82, 2.24) is 0 Å². The molecule has 0 aromatic rings. The molecule has 0 unspecified atom stereocenters. The van der Waals surface area contributed by atoms with Gasteiger partial charge in [-0.3, -0.25) is 0 Å². The Morgan fingerprint density at radius 3 is 2.56 bits per heavy atom. The van der Waals surface area contributed by atoms with Crippen LogP contribution in [0.3, 0.4) is 0 Å². The lowest BCUT2D eigenvalue weighted by atomic mass is 9.61. The molecule has 0 spiro atoms. The third-order valence-corrected chi connectivity index (χ3v) is 4.52. The topological polar surface area (TPSA) is 0 Å². The summed E-state index contributed by atoms with van der Waals surface area (Å²) in [7, 11) is 0. The molecule has 0 amide bonds. The number of hydrogen-bond donors (Lipinski definition) is 0. The Bertz CT molecular complexity index is 303. The maximum absolute atomic E-state index is 5.94. The first kappa shape index (κ1) is 13.6. The molecular formula is C15H23Cl. The van der Waals surface area contributed by atoms with Crippen LogP contribution in [0.2, 0.25) is 0 Å². The van der Waals surface area contributed by atoms with E-state index >= 15 is 0 Å². The lowest BCUT2D eigenvalue weighted by Crippen LogP contribution is -2.34. The van der Waals surface area contributed by atoms with Gasteiger partial charge in [-0.15, -0.1) is 18.2 Å². The summed E-state index contributed by atoms with van der Waals surface area (Å²) in [5.41, 5.74) is 2.60. The van der Waals surface area contributed by atoms with E-state index in [0.717, 1.165) is 18.4 Å². The van der Waals surface area contributed by atoms with E-state index in [-0.39, 0.29) is 5.41 Å². The Labute approximate surface area is 105 Å². The Kier molecular flexibility index (Phi) is 4.43. The van der Waals surface area contributed by atoms with Gasteiger partial charge in [0.05, 0.1) is 0 Å². The maximum atomic E-state index is 5.94. The summed E-state index contributed by atoms with van der Waals surface area (Å²) >= 11 is 5.94. The minimum atomic E-state index is 0.165. The van der Waals surface area contributed by atoms with E-state index in [0.29, 0.717) is 17.7 Å². The monoisotopic (exact) mass is 238 g/mol. The van der Waals surface area contributed by atoms with E-state index in [1.807, 2.05) is 0 Å². The zero-order valence-corrected chi connectivity index (χ0v) is 11.3. The molecule has 0 bridgehead atoms. The Morgan fingerprint density at radius 1 is 1.50 bits per heavy atom. The van der Waals surface area contributed by atoms with Crippen molar-refractivity contribution in [3.63, 3.8) is 0 Å². The Morgan fingerprint density at radius 2 is 2.12 bits per heavy atom. The van der Waals surface area contributed by atoms with E-state index in [1.54, 1.807) is 0 Å². The fourth-order valence-electron chi connectivity index (χ4n) is 2.75. The predicted molar refractivity (Wildman–Crippen MR) is 73.8 cm³/mol. The highest BCUT2D eigenvalue weighted by atomic mass is 35.5. The molecule has 0 aliphatic heterocycles. The van der Waals surface area contributed by atoms with Crippen LogP contribution in [0.5, 0.6) is 0 Å². The van der Waals surface area contributed by atoms with Crippen LogP contribution in [-0.2, 0) is 0 Å². The number of halogens is 1. The van der Waals surface area contributed by atoms with E-state index in [2.05, 4.69) is 39.7 Å². The van der Waals surface area contributed by atoms with Crippen molar-refractivity contribution >= 4 is 11.6 Å². The molecule has 1 aliphatic carbocycles. The molecule has 0 aromatic carbocycles. The van der Waals surface area contributed by atoms with Gasteiger partial charge in [-0.1, -0.05) is 37.3 Å². The normalized spacial score (nSPS) is 34.4. The lowest BCUT2D eigenvalue weighted by Gasteiger charge is -2.43. The fourth-order valence-corrected chi connectivity index (χ4v) is 2.94. The summed E-state index contributed by atoms with van der Waals surface area (Å²) in [6, 6.07) is 0. The van der Waals surface area contributed by atoms with Crippen LogP contribution in [-0.4, -0.2) is 5.88 Å². The highest BCUT2D eigenvalue weighted by Crippen LogP contribution is 2.48. The van der Waals surface area contributed by atoms with Gasteiger partial charge < -0.3 is 0 Å². The third kappa shape index (κ3) is 2.60. The number of hydrogen-bond acceptors (Lipinski definition) is 0. The van der Waals surface area contributed by atoms with Gasteiger partial charge in [-0.2, -0.15) is 0 Å². The van der Waals surface area contributed by atoms with Crippen molar-refractivity contribution in [3.05, 3.63) is 37.0 Å². The summed E-state index contributed by atoms with van der Waals surface area (Å²) in [4.78, 5) is 0. The van der Waals surface area contributed by atoms with Gasteiger partial charge in [0.25, 0.3) is 0 Å². The molecule has 0 N–H and O–H groups in total. The molecule has 16 heavy (non-hydrogen) atoms. The molecular weight excluding hydrogens is 216 g/mol. The predicted octanol–water partition coefficient (Wildman–Crippen LogP) is 4.97. The van der Waals surface area contributed by atoms with Crippen LogP contribution in [0.4, 0.5) is 0 Å². The number of rotatable bonds is 4. The summed E-state index contributed by atoms with van der Waals surface area (Å²) in [6.07, 6.45) is 5.59. The first-order chi connectivity index (χ1) is 7.44. The van der Waals surface area contributed by atoms with Crippen molar-refractivity contribution in [2.75, 3.05) is 5.88 Å². The fraction of sp³-hybridized carbons (Fsp3) is 0.600. The van der Waals surface area contributed by atoms with E-state index in [4.69, 9.17) is 11.6 Å². The Hall–Kier alpha value is -0.490. The molecule has 1 heteroatoms. The first-order valence-corrected chi connectivity index (χ1v) is 6.50. The van der Waals surface area contributed by atoms with Gasteiger partial charge in [0.1, 0.15) is 0 Å². The van der Waals surface area contributed by atoms with Crippen LogP contribution in [0.25, 0.3) is 0 Å². The molecule has 90 valence electrons. The van der Waals surface area contributed by atoms with Gasteiger partial charge in [-0.25, -0.2) is 0 Å². The van der Waals surface area contributed by atoms with Gasteiger partial charge in [0.2, 0.25) is 0 Å². The van der Waals surface area contributed by atoms with Crippen molar-refractivity contribution in [2.24, 2.45) is 17.3 Å². The summed E-state index contributed by atoms with van der Waals surface area (Å²) in [5, 5.41) is 0. The number of allylic oxidation sites excluding steroid dienone is 3. The molecule has 0 radical (unpaired) electrons. The number of alkyl halides is 1. The second-order valence-corrected chi connectivity index (χ2v) is 5.64. The third-order valence-electron chi connectivity index (χ3n) is 4.18. The molecule has 0 nitrogen and oxygen atoms in total. The average Bonchev–Trinajstić information content (AvgIpc) is 2.28. The van der Waals surface area contributed by atoms with Crippen LogP contribution < -0.4 is 0 Å². The SMILES string of the molecule is C=C[C@]1(C)CC[C@@H](C(=C)C)C[C@H]1C(=C)CCl. The first-order valence-electron chi connectivity index (χ1n) is 5.97. The van der Waals surface area contributed by atoms with Gasteiger partial charge >= 0.3 is 0 Å². The van der Waals surface area contributed by atoms with Crippen LogP contribution >= 0.6 is 11.6 Å². The summed E-state index contributed by atoms with van der Waals surface area (Å²) in [6.45, 7) is 16.6. The van der Waals surface area contributed by atoms with Crippen molar-refractivity contribution < 1.29 is 0 Å². The summed E-state index contributed by atoms with van der Waals surface area (Å²) < 4.78 is 0. The van der Waals surface area contributed by atoms with E-state index in [9.17, 15) is 0 Å². The standard InChI is InChI=1S/C15H23Cl/c1-6-15(5)8-7-13(11(2)3)9-14(15)12(4)10-16/h6,13-14H,1-2,4,7-10H2,3,5H3/t13-,14+,15-/m1/s1. The molecule has 1 fully saturated rings. The molecule has 1 aliphatic rings. The average molecular weight is 239 g/mol. The molecule has 0 saturated heterocycles. The van der Waals surface area contributed by atoms with Crippen LogP contribution in [0.1, 0.15) is 33.1 Å². The second-order valence-electron chi connectivity index (χ2n) is 5.37. The van der Waals surface area contributed by atoms with E-state index < -0.39 is 0 Å². The maximum Gasteiger partial charge on any atom is 0.0433 e. The van der Waals surface area contributed by atoms with Crippen LogP contribution in [0, 0.1) is 17.3 Å². The quantitative estimate of drug-likeness (QED) is 0.479. The minimum Gasteiger partial charge on any atom is -0.122 e. The molecule has 0 aromatic heterocycles. The molecule has 3 atom stereocenters. The molecule has 0 heterocycles. The zero-order chi connectivity index (χ0) is 12.3. The van der Waals surface area contributed by atoms with Gasteiger partial charge in [0, 0.05) is 5.88 Å². The zero-order valence-electron chi connectivity index (χ0n) is 10.6. The van der Waals surface area contributed by atoms with Crippen molar-refractivity contribution in [3.8, 4) is 0 Å². The smallest absolute Gasteiger partial charge is 0.0433 e. The second kappa shape index (κ2) is 5.23. The minimum absolute atomic E-state index is 0.165. The molecule has 1 rings (SSSR count). The Balaban J connectivity index is 2.90. The van der Waals surface area contributed by atoms with Crippen LogP contribution in [0.15, 0.2) is 37.0 Å². The van der Waals surface area contributed by atoms with Crippen molar-refractivity contribution in [2.45, 2.75) is 33.1 Å². The molecule has 1 saturated carbocycles. The lowest BCUT2D eigenvalue weighted by molar-refractivity contribution is 0.170. The summed E-state index contributed by atoms with van der Waals surface area (Å²) in [5.74, 6) is 1.63. The van der Waals surface area contributed by atoms with Gasteiger partial charge in [-0.05, 0) is 43.4 Å². The highest BCUT2D eigenvalue weighted by molar-refractivity contribution is 6.19. The van der Waals surface area contributed by atoms with E-state index in [1.165, 1.54) is 12.0 Å². The largest absolute Gasteiger partial charge is 0.122 e. The highest BCUT2D eigenvalue weighted by Gasteiger charge is 2.38. The van der Waals surface area contributed by atoms with Gasteiger partial charge in [0.15, 0.2) is 0 Å².